The first kappa shape index (κ1) is 24.6. The number of unbranched alkanes of at least 4 members (excludes halogenated alkanes) is 8. The summed E-state index contributed by atoms with van der Waals surface area (Å²) >= 11 is 1.47. The van der Waals surface area contributed by atoms with Gasteiger partial charge in [-0.25, -0.2) is 4.98 Å². The Hall–Kier alpha value is -1.43. The van der Waals surface area contributed by atoms with Crippen molar-refractivity contribution >= 4 is 28.3 Å². The topological polar surface area (TPSA) is 62.3 Å². The number of carbonyl (C=O) groups excluding carboxylic acids is 2. The Kier molecular flexibility index (Phi) is 12.0. The first-order valence-electron chi connectivity index (χ1n) is 10.9. The highest BCUT2D eigenvalue weighted by Crippen LogP contribution is 2.21. The van der Waals surface area contributed by atoms with E-state index in [9.17, 15) is 9.59 Å². The van der Waals surface area contributed by atoms with Gasteiger partial charge in [0, 0.05) is 17.3 Å². The van der Waals surface area contributed by atoms with Crippen molar-refractivity contribution in [2.24, 2.45) is 0 Å². The van der Waals surface area contributed by atoms with Crippen molar-refractivity contribution in [3.63, 3.8) is 0 Å². The molecule has 0 radical (unpaired) electrons. The van der Waals surface area contributed by atoms with Gasteiger partial charge in [0.05, 0.1) is 5.69 Å². The van der Waals surface area contributed by atoms with E-state index in [1.165, 1.54) is 56.3 Å². The molecule has 0 saturated carbocycles. The third-order valence-electron chi connectivity index (χ3n) is 5.03. The van der Waals surface area contributed by atoms with E-state index >= 15 is 0 Å². The van der Waals surface area contributed by atoms with Gasteiger partial charge in [-0.1, -0.05) is 58.3 Å². The van der Waals surface area contributed by atoms with Crippen molar-refractivity contribution in [3.8, 4) is 0 Å². The van der Waals surface area contributed by atoms with Crippen LogP contribution in [-0.2, 0) is 9.59 Å². The molecule has 5 nitrogen and oxygen atoms in total. The van der Waals surface area contributed by atoms with Crippen LogP contribution in [0.25, 0.3) is 0 Å². The van der Waals surface area contributed by atoms with E-state index in [2.05, 4.69) is 17.2 Å². The Morgan fingerprint density at radius 1 is 1.00 bits per heavy atom. The van der Waals surface area contributed by atoms with Gasteiger partial charge in [-0.05, 0) is 34.1 Å². The number of carbonyl (C=O) groups is 2. The normalized spacial score (nSPS) is 11.1. The molecule has 6 heteroatoms. The summed E-state index contributed by atoms with van der Waals surface area (Å²) in [5.41, 5.74) is 0.933. The van der Waals surface area contributed by atoms with Crippen LogP contribution in [0.5, 0.6) is 0 Å². The van der Waals surface area contributed by atoms with Crippen LogP contribution in [0.3, 0.4) is 0 Å². The second kappa shape index (κ2) is 13.7. The molecule has 0 aromatic carbocycles. The highest BCUT2D eigenvalue weighted by molar-refractivity contribution is 7.15. The first-order valence-corrected chi connectivity index (χ1v) is 11.7. The molecule has 1 rings (SSSR count). The standard InChI is InChI=1S/C22H39N3O2S/c1-6-7-8-9-10-11-12-13-14-15-21(27)25(17(2)3)16-20(26)24-22-23-18(4)19(5)28-22/h17H,6-16H2,1-5H3,(H,23,24,26). The van der Waals surface area contributed by atoms with Crippen molar-refractivity contribution in [1.29, 1.82) is 0 Å². The molecule has 2 amide bonds. The van der Waals surface area contributed by atoms with Crippen LogP contribution in [0.15, 0.2) is 0 Å². The van der Waals surface area contributed by atoms with Crippen LogP contribution in [-0.4, -0.2) is 34.3 Å². The smallest absolute Gasteiger partial charge is 0.245 e. The number of nitrogens with zero attached hydrogens (tertiary/aromatic N) is 2. The van der Waals surface area contributed by atoms with E-state index in [1.54, 1.807) is 4.90 Å². The van der Waals surface area contributed by atoms with Gasteiger partial charge in [0.1, 0.15) is 6.54 Å². The maximum Gasteiger partial charge on any atom is 0.245 e. The molecule has 0 saturated heterocycles. The fourth-order valence-electron chi connectivity index (χ4n) is 3.13. The molecule has 0 unspecified atom stereocenters. The number of hydrogen-bond donors (Lipinski definition) is 1. The van der Waals surface area contributed by atoms with Crippen molar-refractivity contribution < 1.29 is 9.59 Å². The molecule has 0 bridgehead atoms. The summed E-state index contributed by atoms with van der Waals surface area (Å²) < 4.78 is 0. The molecule has 0 atom stereocenters. The van der Waals surface area contributed by atoms with Gasteiger partial charge in [-0.15, -0.1) is 11.3 Å². The molecular formula is C22H39N3O2S. The maximum absolute atomic E-state index is 12.6. The summed E-state index contributed by atoms with van der Waals surface area (Å²) in [6.07, 6.45) is 11.6. The van der Waals surface area contributed by atoms with Gasteiger partial charge in [-0.2, -0.15) is 0 Å². The lowest BCUT2D eigenvalue weighted by Crippen LogP contribution is -2.42. The zero-order chi connectivity index (χ0) is 20.9. The zero-order valence-electron chi connectivity index (χ0n) is 18.5. The van der Waals surface area contributed by atoms with E-state index in [-0.39, 0.29) is 24.4 Å². The van der Waals surface area contributed by atoms with Crippen LogP contribution in [0, 0.1) is 13.8 Å². The average molecular weight is 410 g/mol. The molecule has 160 valence electrons. The Labute approximate surface area is 175 Å². The third kappa shape index (κ3) is 9.67. The van der Waals surface area contributed by atoms with Gasteiger partial charge in [-0.3, -0.25) is 9.59 Å². The number of hydrogen-bond acceptors (Lipinski definition) is 4. The van der Waals surface area contributed by atoms with Crippen molar-refractivity contribution in [2.45, 2.75) is 105 Å². The van der Waals surface area contributed by atoms with Gasteiger partial charge < -0.3 is 10.2 Å². The lowest BCUT2D eigenvalue weighted by Gasteiger charge is -2.26. The lowest BCUT2D eigenvalue weighted by molar-refractivity contribution is -0.136. The molecule has 1 aromatic rings. The SMILES string of the molecule is CCCCCCCCCCCC(=O)N(CC(=O)Nc1nc(C)c(C)s1)C(C)C. The van der Waals surface area contributed by atoms with E-state index in [0.717, 1.165) is 23.4 Å². The Balaban J connectivity index is 2.29. The Bertz CT molecular complexity index is 579. The predicted octanol–water partition coefficient (Wildman–Crippen LogP) is 5.86. The van der Waals surface area contributed by atoms with E-state index in [1.807, 2.05) is 27.7 Å². The largest absolute Gasteiger partial charge is 0.331 e. The summed E-state index contributed by atoms with van der Waals surface area (Å²) in [7, 11) is 0. The average Bonchev–Trinajstić information content (AvgIpc) is 2.94. The van der Waals surface area contributed by atoms with E-state index in [4.69, 9.17) is 0 Å². The van der Waals surface area contributed by atoms with Gasteiger partial charge >= 0.3 is 0 Å². The maximum atomic E-state index is 12.6. The molecule has 0 aliphatic carbocycles. The fourth-order valence-corrected chi connectivity index (χ4v) is 3.96. The molecule has 0 aliphatic heterocycles. The molecule has 1 heterocycles. The summed E-state index contributed by atoms with van der Waals surface area (Å²) in [6.45, 7) is 10.2. The van der Waals surface area contributed by atoms with Crippen molar-refractivity contribution in [2.75, 3.05) is 11.9 Å². The van der Waals surface area contributed by atoms with Crippen molar-refractivity contribution in [1.82, 2.24) is 9.88 Å². The van der Waals surface area contributed by atoms with Crippen LogP contribution in [0.4, 0.5) is 5.13 Å². The number of amides is 2. The van der Waals surface area contributed by atoms with Crippen LogP contribution in [0.2, 0.25) is 0 Å². The Morgan fingerprint density at radius 3 is 2.07 bits per heavy atom. The molecule has 28 heavy (non-hydrogen) atoms. The van der Waals surface area contributed by atoms with Gasteiger partial charge in [0.15, 0.2) is 5.13 Å². The van der Waals surface area contributed by atoms with Gasteiger partial charge in [0.2, 0.25) is 11.8 Å². The molecule has 0 fully saturated rings. The highest BCUT2D eigenvalue weighted by Gasteiger charge is 2.20. The van der Waals surface area contributed by atoms with Crippen LogP contribution in [0.1, 0.15) is 95.6 Å². The summed E-state index contributed by atoms with van der Waals surface area (Å²) in [4.78, 5) is 32.0. The van der Waals surface area contributed by atoms with E-state index < -0.39 is 0 Å². The third-order valence-corrected chi connectivity index (χ3v) is 6.02. The Morgan fingerprint density at radius 2 is 1.57 bits per heavy atom. The van der Waals surface area contributed by atoms with Gasteiger partial charge in [0.25, 0.3) is 0 Å². The molecule has 1 aromatic heterocycles. The number of aryl methyl sites for hydroxylation is 2. The zero-order valence-corrected chi connectivity index (χ0v) is 19.3. The predicted molar refractivity (Wildman–Crippen MR) is 119 cm³/mol. The summed E-state index contributed by atoms with van der Waals surface area (Å²) in [5.74, 6) is -0.109. The first-order chi connectivity index (χ1) is 13.3. The number of rotatable bonds is 14. The monoisotopic (exact) mass is 409 g/mol. The highest BCUT2D eigenvalue weighted by atomic mass is 32.1. The number of aromatic nitrogens is 1. The summed E-state index contributed by atoms with van der Waals surface area (Å²) in [6, 6.07) is 0.0107. The molecule has 0 spiro atoms. The molecular weight excluding hydrogens is 370 g/mol. The number of nitrogens with one attached hydrogen (secondary N) is 1. The van der Waals surface area contributed by atoms with E-state index in [0.29, 0.717) is 11.6 Å². The minimum Gasteiger partial charge on any atom is -0.331 e. The quantitative estimate of drug-likeness (QED) is 0.392. The number of anilines is 1. The van der Waals surface area contributed by atoms with Crippen LogP contribution < -0.4 is 5.32 Å². The number of thiazole rings is 1. The fraction of sp³-hybridized carbons (Fsp3) is 0.773. The minimum absolute atomic E-state index is 0.0107. The minimum atomic E-state index is -0.178. The van der Waals surface area contributed by atoms with Crippen molar-refractivity contribution in [3.05, 3.63) is 10.6 Å². The molecule has 0 aliphatic rings. The van der Waals surface area contributed by atoms with Crippen LogP contribution >= 0.6 is 11.3 Å². The second-order valence-corrected chi connectivity index (χ2v) is 9.11. The second-order valence-electron chi connectivity index (χ2n) is 7.90. The molecule has 1 N–H and O–H groups in total. The summed E-state index contributed by atoms with van der Waals surface area (Å²) in [5, 5.41) is 3.43. The lowest BCUT2D eigenvalue weighted by atomic mass is 10.1.